The monoisotopic (exact) mass is 383 g/mol. The van der Waals surface area contributed by atoms with E-state index in [1.807, 2.05) is 54.6 Å². The maximum atomic E-state index is 13.2. The summed E-state index contributed by atoms with van der Waals surface area (Å²) in [4.78, 5) is 13.2. The summed E-state index contributed by atoms with van der Waals surface area (Å²) in [6.07, 6.45) is 1.73. The van der Waals surface area contributed by atoms with E-state index in [1.54, 1.807) is 14.0 Å². The number of ether oxygens (including phenoxy) is 2. The molecule has 0 bridgehead atoms. The molecule has 1 fully saturated rings. The fourth-order valence-electron chi connectivity index (χ4n) is 3.81. The van der Waals surface area contributed by atoms with Crippen LogP contribution in [0.15, 0.2) is 54.6 Å². The lowest BCUT2D eigenvalue weighted by Crippen LogP contribution is -2.52. The molecule has 0 saturated carbocycles. The Bertz CT molecular complexity index is 765. The van der Waals surface area contributed by atoms with Crippen LogP contribution in [0.25, 0.3) is 0 Å². The first-order valence-electron chi connectivity index (χ1n) is 9.72. The minimum atomic E-state index is -1.05. The SMILES string of the molecule is COc1ccc(CC(C)(O)CNC(=O)C2(c3ccccc3)CCOCC2)cc1. The number of hydrogen-bond acceptors (Lipinski definition) is 4. The van der Waals surface area contributed by atoms with Crippen LogP contribution >= 0.6 is 0 Å². The fraction of sp³-hybridized carbons (Fsp3) is 0.435. The van der Waals surface area contributed by atoms with Gasteiger partial charge in [-0.2, -0.15) is 0 Å². The highest BCUT2D eigenvalue weighted by Crippen LogP contribution is 2.35. The Hall–Kier alpha value is -2.37. The molecule has 1 unspecified atom stereocenters. The zero-order valence-electron chi connectivity index (χ0n) is 16.6. The first-order valence-corrected chi connectivity index (χ1v) is 9.72. The van der Waals surface area contributed by atoms with E-state index in [4.69, 9.17) is 9.47 Å². The van der Waals surface area contributed by atoms with Crippen molar-refractivity contribution in [3.05, 3.63) is 65.7 Å². The van der Waals surface area contributed by atoms with Crippen molar-refractivity contribution in [3.63, 3.8) is 0 Å². The topological polar surface area (TPSA) is 67.8 Å². The summed E-state index contributed by atoms with van der Waals surface area (Å²) >= 11 is 0. The van der Waals surface area contributed by atoms with Crippen LogP contribution in [0.2, 0.25) is 0 Å². The second-order valence-corrected chi connectivity index (χ2v) is 7.76. The summed E-state index contributed by atoms with van der Waals surface area (Å²) in [5.41, 5.74) is 0.345. The molecule has 0 radical (unpaired) electrons. The summed E-state index contributed by atoms with van der Waals surface area (Å²) in [5.74, 6) is 0.734. The van der Waals surface area contributed by atoms with Crippen LogP contribution < -0.4 is 10.1 Å². The Morgan fingerprint density at radius 3 is 2.39 bits per heavy atom. The van der Waals surface area contributed by atoms with E-state index in [1.165, 1.54) is 0 Å². The smallest absolute Gasteiger partial charge is 0.230 e. The van der Waals surface area contributed by atoms with Crippen molar-refractivity contribution >= 4 is 5.91 Å². The third kappa shape index (κ3) is 4.72. The van der Waals surface area contributed by atoms with Gasteiger partial charge in [0.15, 0.2) is 0 Å². The van der Waals surface area contributed by atoms with E-state index in [9.17, 15) is 9.90 Å². The third-order valence-electron chi connectivity index (χ3n) is 5.48. The lowest BCUT2D eigenvalue weighted by molar-refractivity contribution is -0.131. The average Bonchev–Trinajstić information content (AvgIpc) is 2.73. The molecule has 2 N–H and O–H groups in total. The minimum Gasteiger partial charge on any atom is -0.497 e. The van der Waals surface area contributed by atoms with E-state index < -0.39 is 11.0 Å². The van der Waals surface area contributed by atoms with Crippen LogP contribution in [-0.2, 0) is 21.4 Å². The fourth-order valence-corrected chi connectivity index (χ4v) is 3.81. The maximum Gasteiger partial charge on any atom is 0.230 e. The minimum absolute atomic E-state index is 0.0444. The van der Waals surface area contributed by atoms with Gasteiger partial charge in [-0.25, -0.2) is 0 Å². The standard InChI is InChI=1S/C23H29NO4/c1-22(26,16-18-8-10-20(27-2)11-9-18)17-24-21(25)23(12-14-28-15-13-23)19-6-4-3-5-7-19/h3-11,26H,12-17H2,1-2H3,(H,24,25). The molecule has 1 atom stereocenters. The van der Waals surface area contributed by atoms with Gasteiger partial charge in [-0.3, -0.25) is 4.79 Å². The third-order valence-corrected chi connectivity index (χ3v) is 5.48. The quantitative estimate of drug-likeness (QED) is 0.772. The van der Waals surface area contributed by atoms with Gasteiger partial charge in [-0.15, -0.1) is 0 Å². The summed E-state index contributed by atoms with van der Waals surface area (Å²) < 4.78 is 10.7. The van der Waals surface area contributed by atoms with Gasteiger partial charge in [0.25, 0.3) is 0 Å². The molecule has 28 heavy (non-hydrogen) atoms. The second kappa shape index (κ2) is 8.76. The highest BCUT2D eigenvalue weighted by molar-refractivity contribution is 5.88. The molecule has 2 aromatic carbocycles. The van der Waals surface area contributed by atoms with Crippen molar-refractivity contribution in [1.29, 1.82) is 0 Å². The number of aliphatic hydroxyl groups is 1. The lowest BCUT2D eigenvalue weighted by atomic mass is 9.73. The Morgan fingerprint density at radius 2 is 1.79 bits per heavy atom. The second-order valence-electron chi connectivity index (χ2n) is 7.76. The predicted molar refractivity (Wildman–Crippen MR) is 109 cm³/mol. The average molecular weight is 383 g/mol. The number of amides is 1. The molecule has 0 aromatic heterocycles. The van der Waals surface area contributed by atoms with Crippen LogP contribution in [0.3, 0.4) is 0 Å². The molecule has 1 aliphatic rings. The normalized spacial score (nSPS) is 18.1. The molecule has 2 aromatic rings. The van der Waals surface area contributed by atoms with Crippen molar-refractivity contribution in [2.45, 2.75) is 37.2 Å². The van der Waals surface area contributed by atoms with Gasteiger partial charge in [0.2, 0.25) is 5.91 Å². The number of nitrogens with one attached hydrogen (secondary N) is 1. The number of carbonyl (C=O) groups is 1. The number of rotatable bonds is 7. The van der Waals surface area contributed by atoms with Gasteiger partial charge in [0.05, 0.1) is 18.1 Å². The molecule has 150 valence electrons. The number of benzene rings is 2. The highest BCUT2D eigenvalue weighted by Gasteiger charge is 2.42. The first-order chi connectivity index (χ1) is 13.5. The molecule has 0 aliphatic carbocycles. The van der Waals surface area contributed by atoms with E-state index in [0.717, 1.165) is 16.9 Å². The predicted octanol–water partition coefficient (Wildman–Crippen LogP) is 2.85. The highest BCUT2D eigenvalue weighted by atomic mass is 16.5. The molecule has 1 saturated heterocycles. The molecular weight excluding hydrogens is 354 g/mol. The Balaban J connectivity index is 1.67. The van der Waals surface area contributed by atoms with Crippen molar-refractivity contribution in [2.24, 2.45) is 0 Å². The number of methoxy groups -OCH3 is 1. The van der Waals surface area contributed by atoms with Crippen LogP contribution in [0.1, 0.15) is 30.9 Å². The molecule has 5 nitrogen and oxygen atoms in total. The van der Waals surface area contributed by atoms with Crippen LogP contribution in [0.4, 0.5) is 0 Å². The van der Waals surface area contributed by atoms with E-state index >= 15 is 0 Å². The van der Waals surface area contributed by atoms with Gasteiger partial charge in [0.1, 0.15) is 5.75 Å². The molecule has 1 amide bonds. The number of carbonyl (C=O) groups excluding carboxylic acids is 1. The summed E-state index contributed by atoms with van der Waals surface area (Å²) in [6.45, 7) is 3.05. The first kappa shape index (κ1) is 20.4. The van der Waals surface area contributed by atoms with Crippen LogP contribution in [0, 0.1) is 0 Å². The van der Waals surface area contributed by atoms with Crippen LogP contribution in [-0.4, -0.2) is 43.5 Å². The van der Waals surface area contributed by atoms with Crippen molar-refractivity contribution in [2.75, 3.05) is 26.9 Å². The van der Waals surface area contributed by atoms with Crippen molar-refractivity contribution < 1.29 is 19.4 Å². The molecule has 3 rings (SSSR count). The molecule has 1 aliphatic heterocycles. The molecule has 0 spiro atoms. The van der Waals surface area contributed by atoms with E-state index in [2.05, 4.69) is 5.32 Å². The summed E-state index contributed by atoms with van der Waals surface area (Å²) in [7, 11) is 1.62. The number of hydrogen-bond donors (Lipinski definition) is 2. The van der Waals surface area contributed by atoms with Crippen molar-refractivity contribution in [3.8, 4) is 5.75 Å². The van der Waals surface area contributed by atoms with Gasteiger partial charge < -0.3 is 19.9 Å². The van der Waals surface area contributed by atoms with Crippen molar-refractivity contribution in [1.82, 2.24) is 5.32 Å². The lowest BCUT2D eigenvalue weighted by Gasteiger charge is -2.37. The molecule has 1 heterocycles. The Labute approximate surface area is 166 Å². The molecule has 5 heteroatoms. The zero-order valence-corrected chi connectivity index (χ0v) is 16.6. The Morgan fingerprint density at radius 1 is 1.14 bits per heavy atom. The Kier molecular flexibility index (Phi) is 6.37. The van der Waals surface area contributed by atoms with Gasteiger partial charge in [-0.05, 0) is 43.0 Å². The van der Waals surface area contributed by atoms with Gasteiger partial charge in [0, 0.05) is 26.2 Å². The zero-order chi connectivity index (χ0) is 20.0. The molecular formula is C23H29NO4. The van der Waals surface area contributed by atoms with Gasteiger partial charge in [-0.1, -0.05) is 42.5 Å². The van der Waals surface area contributed by atoms with Crippen LogP contribution in [0.5, 0.6) is 5.75 Å². The summed E-state index contributed by atoms with van der Waals surface area (Å²) in [5, 5.41) is 13.8. The van der Waals surface area contributed by atoms with E-state index in [-0.39, 0.29) is 12.5 Å². The largest absolute Gasteiger partial charge is 0.497 e. The summed E-state index contributed by atoms with van der Waals surface area (Å²) in [6, 6.07) is 17.5. The maximum absolute atomic E-state index is 13.2. The van der Waals surface area contributed by atoms with Gasteiger partial charge >= 0.3 is 0 Å². The van der Waals surface area contributed by atoms with E-state index in [0.29, 0.717) is 32.5 Å².